The van der Waals surface area contributed by atoms with Crippen molar-refractivity contribution in [2.75, 3.05) is 7.05 Å². The molecule has 1 N–H and O–H groups in total. The SMILES string of the molecule is CNC(c1ccc(Cl)cc1Cl)c1ccc(Cl)cc1Br. The van der Waals surface area contributed by atoms with Gasteiger partial charge in [0.2, 0.25) is 0 Å². The summed E-state index contributed by atoms with van der Waals surface area (Å²) in [5.41, 5.74) is 2.03. The second-order valence-electron chi connectivity index (χ2n) is 4.05. The van der Waals surface area contributed by atoms with Gasteiger partial charge in [-0.3, -0.25) is 0 Å². The lowest BCUT2D eigenvalue weighted by atomic mass is 9.99. The van der Waals surface area contributed by atoms with Crippen molar-refractivity contribution >= 4 is 50.7 Å². The third-order valence-electron chi connectivity index (χ3n) is 2.84. The normalized spacial score (nSPS) is 12.5. The fourth-order valence-corrected chi connectivity index (χ4v) is 3.38. The maximum atomic E-state index is 6.27. The molecule has 0 saturated heterocycles. The summed E-state index contributed by atoms with van der Waals surface area (Å²) in [4.78, 5) is 0. The molecule has 0 aliphatic carbocycles. The number of nitrogens with one attached hydrogen (secondary N) is 1. The molecule has 100 valence electrons. The highest BCUT2D eigenvalue weighted by atomic mass is 79.9. The van der Waals surface area contributed by atoms with Gasteiger partial charge in [0, 0.05) is 19.5 Å². The van der Waals surface area contributed by atoms with Gasteiger partial charge >= 0.3 is 0 Å². The predicted molar refractivity (Wildman–Crippen MR) is 86.5 cm³/mol. The van der Waals surface area contributed by atoms with Crippen LogP contribution in [0.25, 0.3) is 0 Å². The Hall–Kier alpha value is -0.250. The van der Waals surface area contributed by atoms with E-state index in [4.69, 9.17) is 34.8 Å². The molecule has 1 atom stereocenters. The van der Waals surface area contributed by atoms with Crippen LogP contribution in [-0.2, 0) is 0 Å². The fourth-order valence-electron chi connectivity index (χ4n) is 1.95. The monoisotopic (exact) mass is 377 g/mol. The third kappa shape index (κ3) is 3.45. The summed E-state index contributed by atoms with van der Waals surface area (Å²) < 4.78 is 0.936. The molecule has 0 aliphatic rings. The van der Waals surface area contributed by atoms with E-state index in [1.54, 1.807) is 6.07 Å². The number of halogens is 4. The third-order valence-corrected chi connectivity index (χ3v) is 4.32. The van der Waals surface area contributed by atoms with Crippen LogP contribution in [0.15, 0.2) is 40.9 Å². The molecule has 0 fully saturated rings. The van der Waals surface area contributed by atoms with E-state index >= 15 is 0 Å². The zero-order chi connectivity index (χ0) is 14.0. The van der Waals surface area contributed by atoms with Gasteiger partial charge in [-0.05, 0) is 42.4 Å². The van der Waals surface area contributed by atoms with Gasteiger partial charge in [-0.1, -0.05) is 62.9 Å². The lowest BCUT2D eigenvalue weighted by molar-refractivity contribution is 0.689. The number of hydrogen-bond acceptors (Lipinski definition) is 1. The van der Waals surface area contributed by atoms with E-state index in [1.807, 2.05) is 37.4 Å². The van der Waals surface area contributed by atoms with Gasteiger partial charge in [0.05, 0.1) is 6.04 Å². The van der Waals surface area contributed by atoms with Crippen molar-refractivity contribution in [3.8, 4) is 0 Å². The lowest BCUT2D eigenvalue weighted by Crippen LogP contribution is -2.18. The summed E-state index contributed by atoms with van der Waals surface area (Å²) in [6.45, 7) is 0. The van der Waals surface area contributed by atoms with Crippen molar-refractivity contribution in [3.63, 3.8) is 0 Å². The van der Waals surface area contributed by atoms with Crippen LogP contribution in [0, 0.1) is 0 Å². The second kappa shape index (κ2) is 6.47. The minimum atomic E-state index is -0.0311. The summed E-state index contributed by atoms with van der Waals surface area (Å²) in [6.07, 6.45) is 0. The summed E-state index contributed by atoms with van der Waals surface area (Å²) in [7, 11) is 1.89. The van der Waals surface area contributed by atoms with Crippen molar-refractivity contribution in [1.82, 2.24) is 5.32 Å². The summed E-state index contributed by atoms with van der Waals surface area (Å²) in [5, 5.41) is 5.20. The van der Waals surface area contributed by atoms with Gasteiger partial charge in [0.1, 0.15) is 0 Å². The van der Waals surface area contributed by atoms with Gasteiger partial charge in [-0.15, -0.1) is 0 Å². The van der Waals surface area contributed by atoms with Crippen LogP contribution in [0.1, 0.15) is 17.2 Å². The molecule has 2 rings (SSSR count). The van der Waals surface area contributed by atoms with E-state index in [0.717, 1.165) is 15.6 Å². The molecule has 0 bridgehead atoms. The number of rotatable bonds is 3. The Morgan fingerprint density at radius 2 is 1.53 bits per heavy atom. The summed E-state index contributed by atoms with van der Waals surface area (Å²) >= 11 is 21.7. The Labute approximate surface area is 136 Å². The van der Waals surface area contributed by atoms with Crippen LogP contribution >= 0.6 is 50.7 Å². The minimum absolute atomic E-state index is 0.0311. The summed E-state index contributed by atoms with van der Waals surface area (Å²) in [6, 6.07) is 11.2. The molecule has 0 radical (unpaired) electrons. The standard InChI is InChI=1S/C14H11BrCl3N/c1-19-14(10-4-2-8(16)6-12(10)15)11-5-3-9(17)7-13(11)18/h2-7,14,19H,1H3. The molecule has 0 amide bonds. The Balaban J connectivity index is 2.50. The van der Waals surface area contributed by atoms with E-state index in [1.165, 1.54) is 0 Å². The van der Waals surface area contributed by atoms with E-state index in [9.17, 15) is 0 Å². The first-order valence-corrected chi connectivity index (χ1v) is 7.52. The zero-order valence-electron chi connectivity index (χ0n) is 10.1. The maximum Gasteiger partial charge on any atom is 0.0600 e. The molecular formula is C14H11BrCl3N. The van der Waals surface area contributed by atoms with Gasteiger partial charge in [-0.2, -0.15) is 0 Å². The molecule has 2 aromatic carbocycles. The highest BCUT2D eigenvalue weighted by molar-refractivity contribution is 9.10. The van der Waals surface area contributed by atoms with Crippen molar-refractivity contribution in [2.24, 2.45) is 0 Å². The van der Waals surface area contributed by atoms with Gasteiger partial charge in [0.25, 0.3) is 0 Å². The first-order valence-electron chi connectivity index (χ1n) is 5.60. The Morgan fingerprint density at radius 3 is 2.05 bits per heavy atom. The maximum absolute atomic E-state index is 6.27. The molecule has 0 spiro atoms. The highest BCUT2D eigenvalue weighted by Crippen LogP contribution is 2.34. The fraction of sp³-hybridized carbons (Fsp3) is 0.143. The highest BCUT2D eigenvalue weighted by Gasteiger charge is 2.18. The molecular weight excluding hydrogens is 368 g/mol. The number of benzene rings is 2. The smallest absolute Gasteiger partial charge is 0.0600 e. The minimum Gasteiger partial charge on any atom is -0.309 e. The van der Waals surface area contributed by atoms with E-state index in [0.29, 0.717) is 15.1 Å². The molecule has 19 heavy (non-hydrogen) atoms. The second-order valence-corrected chi connectivity index (χ2v) is 6.19. The largest absolute Gasteiger partial charge is 0.309 e. The Morgan fingerprint density at radius 1 is 0.947 bits per heavy atom. The van der Waals surface area contributed by atoms with Crippen molar-refractivity contribution in [2.45, 2.75) is 6.04 Å². The first kappa shape index (κ1) is 15.1. The average Bonchev–Trinajstić information content (AvgIpc) is 2.34. The molecule has 0 saturated carbocycles. The van der Waals surface area contributed by atoms with Crippen LogP contribution in [0.3, 0.4) is 0 Å². The van der Waals surface area contributed by atoms with Gasteiger partial charge < -0.3 is 5.32 Å². The molecule has 1 unspecified atom stereocenters. The Kier molecular flexibility index (Phi) is 5.15. The predicted octanol–water partition coefficient (Wildman–Crippen LogP) is 5.72. The van der Waals surface area contributed by atoms with Crippen molar-refractivity contribution < 1.29 is 0 Å². The van der Waals surface area contributed by atoms with Crippen LogP contribution in [0.4, 0.5) is 0 Å². The lowest BCUT2D eigenvalue weighted by Gasteiger charge is -2.20. The van der Waals surface area contributed by atoms with Crippen LogP contribution in [0.5, 0.6) is 0 Å². The van der Waals surface area contributed by atoms with Crippen LogP contribution < -0.4 is 5.32 Å². The topological polar surface area (TPSA) is 12.0 Å². The van der Waals surface area contributed by atoms with E-state index in [-0.39, 0.29) is 6.04 Å². The van der Waals surface area contributed by atoms with Crippen molar-refractivity contribution in [1.29, 1.82) is 0 Å². The number of hydrogen-bond donors (Lipinski definition) is 1. The van der Waals surface area contributed by atoms with Crippen LogP contribution in [-0.4, -0.2) is 7.05 Å². The molecule has 2 aromatic rings. The summed E-state index contributed by atoms with van der Waals surface area (Å²) in [5.74, 6) is 0. The van der Waals surface area contributed by atoms with Crippen LogP contribution in [0.2, 0.25) is 15.1 Å². The Bertz CT molecular complexity index is 550. The first-order chi connectivity index (χ1) is 9.02. The molecule has 5 heteroatoms. The van der Waals surface area contributed by atoms with E-state index in [2.05, 4.69) is 21.2 Å². The average molecular weight is 380 g/mol. The van der Waals surface area contributed by atoms with E-state index < -0.39 is 0 Å². The zero-order valence-corrected chi connectivity index (χ0v) is 13.9. The molecule has 0 aliphatic heterocycles. The molecule has 0 aromatic heterocycles. The van der Waals surface area contributed by atoms with Gasteiger partial charge in [0.15, 0.2) is 0 Å². The van der Waals surface area contributed by atoms with Crippen molar-refractivity contribution in [3.05, 3.63) is 67.1 Å². The molecule has 1 nitrogen and oxygen atoms in total. The molecule has 0 heterocycles. The quantitative estimate of drug-likeness (QED) is 0.719. The van der Waals surface area contributed by atoms with Gasteiger partial charge in [-0.25, -0.2) is 0 Å².